The van der Waals surface area contributed by atoms with Gasteiger partial charge in [-0.05, 0) is 25.9 Å². The number of halogens is 3. The molecule has 106 valence electrons. The predicted octanol–water partition coefficient (Wildman–Crippen LogP) is 0.739. The molecule has 1 aliphatic rings. The molecule has 1 heterocycles. The van der Waals surface area contributed by atoms with Crippen molar-refractivity contribution in [2.45, 2.75) is 32.0 Å². The summed E-state index contributed by atoms with van der Waals surface area (Å²) in [6.45, 7) is 3.12. The van der Waals surface area contributed by atoms with E-state index >= 15 is 0 Å². The Hall–Kier alpha value is -0.820. The second-order valence-corrected chi connectivity index (χ2v) is 4.45. The molecule has 1 unspecified atom stereocenters. The van der Waals surface area contributed by atoms with Crippen LogP contribution in [0.3, 0.4) is 0 Å². The van der Waals surface area contributed by atoms with E-state index in [2.05, 4.69) is 22.5 Å². The van der Waals surface area contributed by atoms with Crippen molar-refractivity contribution in [1.29, 1.82) is 0 Å². The molecule has 4 nitrogen and oxygen atoms in total. The third-order valence-corrected chi connectivity index (χ3v) is 3.05. The Labute approximate surface area is 105 Å². The van der Waals surface area contributed by atoms with Gasteiger partial charge in [0.05, 0.1) is 13.1 Å². The van der Waals surface area contributed by atoms with Crippen molar-refractivity contribution >= 4 is 5.91 Å². The lowest BCUT2D eigenvalue weighted by Gasteiger charge is -2.22. The fourth-order valence-electron chi connectivity index (χ4n) is 2.15. The van der Waals surface area contributed by atoms with Gasteiger partial charge < -0.3 is 10.6 Å². The summed E-state index contributed by atoms with van der Waals surface area (Å²) in [5.41, 5.74) is 0. The van der Waals surface area contributed by atoms with Gasteiger partial charge >= 0.3 is 6.18 Å². The molecule has 1 rings (SSSR count). The van der Waals surface area contributed by atoms with Crippen molar-refractivity contribution in [3.05, 3.63) is 0 Å². The van der Waals surface area contributed by atoms with Gasteiger partial charge in [0.2, 0.25) is 5.91 Å². The Morgan fingerprint density at radius 1 is 1.44 bits per heavy atom. The maximum absolute atomic E-state index is 11.8. The Morgan fingerprint density at radius 2 is 2.17 bits per heavy atom. The van der Waals surface area contributed by atoms with Crippen LogP contribution in [0.4, 0.5) is 13.2 Å². The van der Waals surface area contributed by atoms with Gasteiger partial charge in [0.25, 0.3) is 0 Å². The summed E-state index contributed by atoms with van der Waals surface area (Å²) in [5, 5.41) is 4.74. The highest BCUT2D eigenvalue weighted by atomic mass is 19.4. The highest BCUT2D eigenvalue weighted by molar-refractivity contribution is 5.78. The van der Waals surface area contributed by atoms with Crippen LogP contribution in [-0.2, 0) is 4.79 Å². The molecule has 0 bridgehead atoms. The number of carbonyl (C=O) groups excluding carboxylic acids is 1. The van der Waals surface area contributed by atoms with Gasteiger partial charge in [-0.25, -0.2) is 0 Å². The van der Waals surface area contributed by atoms with Crippen LogP contribution >= 0.6 is 0 Å². The van der Waals surface area contributed by atoms with Crippen molar-refractivity contribution in [1.82, 2.24) is 15.5 Å². The third kappa shape index (κ3) is 5.68. The lowest BCUT2D eigenvalue weighted by Crippen LogP contribution is -2.43. The molecule has 0 aliphatic carbocycles. The molecule has 0 aromatic carbocycles. The average Bonchev–Trinajstić information content (AvgIpc) is 2.71. The van der Waals surface area contributed by atoms with Crippen LogP contribution in [-0.4, -0.2) is 55.7 Å². The SMILES string of the molecule is CCN1CCCC1CNC(=O)CNCC(F)(F)F. The average molecular weight is 267 g/mol. The van der Waals surface area contributed by atoms with E-state index in [4.69, 9.17) is 0 Å². The first-order valence-corrected chi connectivity index (χ1v) is 6.20. The summed E-state index contributed by atoms with van der Waals surface area (Å²) in [6.07, 6.45) is -2.13. The largest absolute Gasteiger partial charge is 0.401 e. The smallest absolute Gasteiger partial charge is 0.353 e. The van der Waals surface area contributed by atoms with Gasteiger partial charge in [0, 0.05) is 12.6 Å². The van der Waals surface area contributed by atoms with Gasteiger partial charge in [-0.15, -0.1) is 0 Å². The molecule has 0 spiro atoms. The maximum atomic E-state index is 11.8. The topological polar surface area (TPSA) is 44.4 Å². The monoisotopic (exact) mass is 267 g/mol. The van der Waals surface area contributed by atoms with Crippen LogP contribution in [0.1, 0.15) is 19.8 Å². The number of nitrogens with zero attached hydrogens (tertiary/aromatic N) is 1. The molecule has 18 heavy (non-hydrogen) atoms. The van der Waals surface area contributed by atoms with E-state index in [1.807, 2.05) is 0 Å². The molecule has 2 N–H and O–H groups in total. The van der Waals surface area contributed by atoms with Crippen LogP contribution in [0.25, 0.3) is 0 Å². The number of likely N-dealkylation sites (tertiary alicyclic amines) is 1. The first kappa shape index (κ1) is 15.2. The number of alkyl halides is 3. The molecular formula is C11H20F3N3O. The third-order valence-electron chi connectivity index (χ3n) is 3.05. The number of nitrogens with one attached hydrogen (secondary N) is 2. The Morgan fingerprint density at radius 3 is 2.78 bits per heavy atom. The fraction of sp³-hybridized carbons (Fsp3) is 0.909. The van der Waals surface area contributed by atoms with Crippen LogP contribution in [0.5, 0.6) is 0 Å². The van der Waals surface area contributed by atoms with Gasteiger partial charge in [0.1, 0.15) is 0 Å². The summed E-state index contributed by atoms with van der Waals surface area (Å²) in [5.74, 6) is -0.387. The summed E-state index contributed by atoms with van der Waals surface area (Å²) < 4.78 is 35.5. The molecule has 0 aromatic rings. The van der Waals surface area contributed by atoms with E-state index in [1.165, 1.54) is 0 Å². The molecule has 1 amide bonds. The minimum atomic E-state index is -4.27. The molecule has 0 aromatic heterocycles. The van der Waals surface area contributed by atoms with Crippen LogP contribution in [0.15, 0.2) is 0 Å². The lowest BCUT2D eigenvalue weighted by molar-refractivity contribution is -0.128. The standard InChI is InChI=1S/C11H20F3N3O/c1-2-17-5-3-4-9(17)6-16-10(18)7-15-8-11(12,13)14/h9,15H,2-8H2,1H3,(H,16,18). The number of hydrogen-bond donors (Lipinski definition) is 2. The van der Waals surface area contributed by atoms with E-state index < -0.39 is 12.7 Å². The Bertz CT molecular complexity index is 271. The predicted molar refractivity (Wildman–Crippen MR) is 62.2 cm³/mol. The van der Waals surface area contributed by atoms with E-state index in [-0.39, 0.29) is 12.5 Å². The number of carbonyl (C=O) groups is 1. The minimum absolute atomic E-state index is 0.293. The number of likely N-dealkylation sites (N-methyl/N-ethyl adjacent to an activating group) is 1. The maximum Gasteiger partial charge on any atom is 0.401 e. The molecule has 7 heteroatoms. The molecule has 1 aliphatic heterocycles. The summed E-state index contributed by atoms with van der Waals surface area (Å²) in [4.78, 5) is 13.6. The van der Waals surface area contributed by atoms with Crippen molar-refractivity contribution in [2.75, 3.05) is 32.7 Å². The summed E-state index contributed by atoms with van der Waals surface area (Å²) in [7, 11) is 0. The molecule has 0 radical (unpaired) electrons. The summed E-state index contributed by atoms with van der Waals surface area (Å²) >= 11 is 0. The Balaban J connectivity index is 2.13. The molecular weight excluding hydrogens is 247 g/mol. The van der Waals surface area contributed by atoms with Gasteiger partial charge in [-0.2, -0.15) is 13.2 Å². The molecule has 1 saturated heterocycles. The van der Waals surface area contributed by atoms with Crippen LogP contribution in [0, 0.1) is 0 Å². The first-order chi connectivity index (χ1) is 8.42. The van der Waals surface area contributed by atoms with E-state index in [9.17, 15) is 18.0 Å². The molecule has 1 atom stereocenters. The number of rotatable bonds is 6. The Kier molecular flexibility index (Phi) is 5.87. The van der Waals surface area contributed by atoms with E-state index in [0.29, 0.717) is 12.6 Å². The zero-order valence-corrected chi connectivity index (χ0v) is 10.5. The first-order valence-electron chi connectivity index (χ1n) is 6.20. The number of hydrogen-bond acceptors (Lipinski definition) is 3. The summed E-state index contributed by atoms with van der Waals surface area (Å²) in [6, 6.07) is 0.321. The normalized spacial score (nSPS) is 21.2. The molecule has 1 fully saturated rings. The van der Waals surface area contributed by atoms with E-state index in [1.54, 1.807) is 0 Å². The highest BCUT2D eigenvalue weighted by Crippen LogP contribution is 2.15. The van der Waals surface area contributed by atoms with Crippen molar-refractivity contribution in [2.24, 2.45) is 0 Å². The lowest BCUT2D eigenvalue weighted by atomic mass is 10.2. The quantitative estimate of drug-likeness (QED) is 0.746. The van der Waals surface area contributed by atoms with Gasteiger partial charge in [-0.3, -0.25) is 9.69 Å². The second-order valence-electron chi connectivity index (χ2n) is 4.45. The fourth-order valence-corrected chi connectivity index (χ4v) is 2.15. The zero-order chi connectivity index (χ0) is 13.6. The van der Waals surface area contributed by atoms with Gasteiger partial charge in [-0.1, -0.05) is 6.92 Å². The van der Waals surface area contributed by atoms with Gasteiger partial charge in [0.15, 0.2) is 0 Å². The van der Waals surface area contributed by atoms with Crippen molar-refractivity contribution < 1.29 is 18.0 Å². The zero-order valence-electron chi connectivity index (χ0n) is 10.5. The number of amides is 1. The molecule has 0 saturated carbocycles. The highest BCUT2D eigenvalue weighted by Gasteiger charge is 2.27. The van der Waals surface area contributed by atoms with Crippen molar-refractivity contribution in [3.8, 4) is 0 Å². The van der Waals surface area contributed by atoms with Crippen LogP contribution < -0.4 is 10.6 Å². The van der Waals surface area contributed by atoms with E-state index in [0.717, 1.165) is 25.9 Å². The second kappa shape index (κ2) is 6.94. The minimum Gasteiger partial charge on any atom is -0.353 e. The van der Waals surface area contributed by atoms with Crippen molar-refractivity contribution in [3.63, 3.8) is 0 Å². The van der Waals surface area contributed by atoms with Crippen LogP contribution in [0.2, 0.25) is 0 Å².